The standard InChI is InChI=1S/C64H114O6/c1-4-7-10-13-16-19-22-25-28-30-32-34-36-39-42-45-48-51-54-57-63(66)69-60-61(59-68-62(65)56-53-50-47-44-41-38-35-27-24-21-18-15-12-9-6-3)70-64(67)58-55-52-49-46-43-40-37-33-31-29-26-23-20-17-14-11-8-5-2/h16,19,22-23,25-26,29,31,33,37,61H,4-15,17-18,20-21,24,27-28,30,32,34-36,38-60H2,1-3H3/b19-16-,25-22-,26-23-,31-29-,37-33-. The molecule has 0 aromatic heterocycles. The molecule has 0 aliphatic heterocycles. The van der Waals surface area contributed by atoms with Gasteiger partial charge in [-0.2, -0.15) is 0 Å². The summed E-state index contributed by atoms with van der Waals surface area (Å²) in [6.07, 6.45) is 73.5. The van der Waals surface area contributed by atoms with Gasteiger partial charge < -0.3 is 14.2 Å². The van der Waals surface area contributed by atoms with E-state index in [0.29, 0.717) is 19.3 Å². The molecule has 1 unspecified atom stereocenters. The number of hydrogen-bond donors (Lipinski definition) is 0. The summed E-state index contributed by atoms with van der Waals surface area (Å²) >= 11 is 0. The second-order valence-corrected chi connectivity index (χ2v) is 20.4. The zero-order valence-corrected chi connectivity index (χ0v) is 46.5. The van der Waals surface area contributed by atoms with Crippen molar-refractivity contribution in [3.8, 4) is 0 Å². The summed E-state index contributed by atoms with van der Waals surface area (Å²) < 4.78 is 16.9. The van der Waals surface area contributed by atoms with Crippen LogP contribution in [0.3, 0.4) is 0 Å². The van der Waals surface area contributed by atoms with E-state index in [2.05, 4.69) is 81.5 Å². The lowest BCUT2D eigenvalue weighted by Gasteiger charge is -2.18. The van der Waals surface area contributed by atoms with Crippen molar-refractivity contribution >= 4 is 17.9 Å². The van der Waals surface area contributed by atoms with Crippen molar-refractivity contribution in [1.82, 2.24) is 0 Å². The summed E-state index contributed by atoms with van der Waals surface area (Å²) in [5.74, 6) is -0.889. The normalized spacial score (nSPS) is 12.4. The molecular formula is C64H114O6. The number of esters is 3. The Kier molecular flexibility index (Phi) is 56.3. The molecule has 0 fully saturated rings. The van der Waals surface area contributed by atoms with Gasteiger partial charge in [-0.1, -0.05) is 281 Å². The van der Waals surface area contributed by atoms with Crippen LogP contribution in [0.25, 0.3) is 0 Å². The van der Waals surface area contributed by atoms with Gasteiger partial charge in [0.05, 0.1) is 0 Å². The van der Waals surface area contributed by atoms with E-state index in [9.17, 15) is 14.4 Å². The summed E-state index contributed by atoms with van der Waals surface area (Å²) in [5.41, 5.74) is 0. The fraction of sp³-hybridized carbons (Fsp3) is 0.797. The van der Waals surface area contributed by atoms with Crippen LogP contribution in [0.5, 0.6) is 0 Å². The van der Waals surface area contributed by atoms with Gasteiger partial charge in [-0.15, -0.1) is 0 Å². The molecule has 0 spiro atoms. The average molecular weight is 980 g/mol. The molecule has 0 bridgehead atoms. The third-order valence-electron chi connectivity index (χ3n) is 13.3. The van der Waals surface area contributed by atoms with Crippen LogP contribution < -0.4 is 0 Å². The van der Waals surface area contributed by atoms with Crippen molar-refractivity contribution < 1.29 is 28.6 Å². The first kappa shape index (κ1) is 67.1. The van der Waals surface area contributed by atoms with Crippen LogP contribution in [-0.2, 0) is 28.6 Å². The maximum atomic E-state index is 12.9. The van der Waals surface area contributed by atoms with E-state index in [1.807, 2.05) is 0 Å². The van der Waals surface area contributed by atoms with Gasteiger partial charge in [-0.25, -0.2) is 0 Å². The van der Waals surface area contributed by atoms with E-state index >= 15 is 0 Å². The lowest BCUT2D eigenvalue weighted by Crippen LogP contribution is -2.30. The van der Waals surface area contributed by atoms with Gasteiger partial charge in [0.2, 0.25) is 0 Å². The molecule has 0 aliphatic rings. The molecule has 0 saturated heterocycles. The first-order chi connectivity index (χ1) is 34.5. The highest BCUT2D eigenvalue weighted by Gasteiger charge is 2.19. The largest absolute Gasteiger partial charge is 0.462 e. The van der Waals surface area contributed by atoms with E-state index in [1.165, 1.54) is 193 Å². The molecule has 0 N–H and O–H groups in total. The SMILES string of the molecule is CCCCC/C=C\C=C/CCCCCCCCCCCCC(=O)OCC(COC(=O)CCCCCCCCCCCCCCCCC)OC(=O)CCCCCCC\C=C/C=C\C=C/CCCCCCC. The summed E-state index contributed by atoms with van der Waals surface area (Å²) in [7, 11) is 0. The third kappa shape index (κ3) is 56.0. The second kappa shape index (κ2) is 58.7. The fourth-order valence-corrected chi connectivity index (χ4v) is 8.73. The van der Waals surface area contributed by atoms with Crippen molar-refractivity contribution in [1.29, 1.82) is 0 Å². The second-order valence-electron chi connectivity index (χ2n) is 20.4. The topological polar surface area (TPSA) is 78.9 Å². The van der Waals surface area contributed by atoms with Crippen molar-refractivity contribution in [3.63, 3.8) is 0 Å². The van der Waals surface area contributed by atoms with Crippen molar-refractivity contribution in [3.05, 3.63) is 60.8 Å². The summed E-state index contributed by atoms with van der Waals surface area (Å²) in [4.78, 5) is 38.2. The van der Waals surface area contributed by atoms with E-state index in [1.54, 1.807) is 0 Å². The van der Waals surface area contributed by atoms with Crippen molar-refractivity contribution in [2.45, 2.75) is 316 Å². The molecule has 6 nitrogen and oxygen atoms in total. The number of ether oxygens (including phenoxy) is 3. The molecule has 0 aromatic carbocycles. The zero-order valence-electron chi connectivity index (χ0n) is 46.5. The summed E-state index contributed by atoms with van der Waals surface area (Å²) in [5, 5.41) is 0. The molecule has 406 valence electrons. The summed E-state index contributed by atoms with van der Waals surface area (Å²) in [6.45, 7) is 6.61. The van der Waals surface area contributed by atoms with Crippen molar-refractivity contribution in [2.24, 2.45) is 0 Å². The van der Waals surface area contributed by atoms with E-state index in [0.717, 1.165) is 77.0 Å². The van der Waals surface area contributed by atoms with Crippen LogP contribution in [0.1, 0.15) is 310 Å². The molecular weight excluding hydrogens is 865 g/mol. The fourth-order valence-electron chi connectivity index (χ4n) is 8.73. The highest BCUT2D eigenvalue weighted by molar-refractivity contribution is 5.71. The van der Waals surface area contributed by atoms with Crippen LogP contribution in [0.15, 0.2) is 60.8 Å². The number of allylic oxidation sites excluding steroid dienone is 10. The molecule has 0 aliphatic carbocycles. The molecule has 6 heteroatoms. The number of hydrogen-bond acceptors (Lipinski definition) is 6. The maximum absolute atomic E-state index is 12.9. The first-order valence-corrected chi connectivity index (χ1v) is 30.3. The number of carbonyl (C=O) groups is 3. The van der Waals surface area contributed by atoms with Crippen LogP contribution in [-0.4, -0.2) is 37.2 Å². The number of carbonyl (C=O) groups excluding carboxylic acids is 3. The minimum absolute atomic E-state index is 0.0807. The quantitative estimate of drug-likeness (QED) is 0.0261. The zero-order chi connectivity index (χ0) is 50.7. The lowest BCUT2D eigenvalue weighted by molar-refractivity contribution is -0.167. The first-order valence-electron chi connectivity index (χ1n) is 30.3. The Balaban J connectivity index is 4.40. The minimum atomic E-state index is -0.785. The van der Waals surface area contributed by atoms with Gasteiger partial charge in [0.1, 0.15) is 13.2 Å². The Morgan fingerprint density at radius 3 is 0.829 bits per heavy atom. The van der Waals surface area contributed by atoms with Gasteiger partial charge >= 0.3 is 17.9 Å². The van der Waals surface area contributed by atoms with Gasteiger partial charge in [0.25, 0.3) is 0 Å². The van der Waals surface area contributed by atoms with Gasteiger partial charge in [-0.3, -0.25) is 14.4 Å². The van der Waals surface area contributed by atoms with E-state index in [4.69, 9.17) is 14.2 Å². The van der Waals surface area contributed by atoms with E-state index in [-0.39, 0.29) is 31.1 Å². The smallest absolute Gasteiger partial charge is 0.306 e. The third-order valence-corrected chi connectivity index (χ3v) is 13.3. The predicted octanol–water partition coefficient (Wildman–Crippen LogP) is 20.4. The molecule has 0 aromatic rings. The Morgan fingerprint density at radius 2 is 0.514 bits per heavy atom. The Morgan fingerprint density at radius 1 is 0.286 bits per heavy atom. The Hall–Kier alpha value is -2.89. The molecule has 0 saturated carbocycles. The van der Waals surface area contributed by atoms with Crippen molar-refractivity contribution in [2.75, 3.05) is 13.2 Å². The van der Waals surface area contributed by atoms with Crippen LogP contribution in [0.2, 0.25) is 0 Å². The number of rotatable bonds is 55. The Labute approximate surface area is 434 Å². The Bertz CT molecular complexity index is 1260. The predicted molar refractivity (Wildman–Crippen MR) is 302 cm³/mol. The lowest BCUT2D eigenvalue weighted by atomic mass is 10.0. The molecule has 0 amide bonds. The average Bonchev–Trinajstić information content (AvgIpc) is 3.36. The monoisotopic (exact) mass is 979 g/mol. The van der Waals surface area contributed by atoms with Gasteiger partial charge in [-0.05, 0) is 70.6 Å². The van der Waals surface area contributed by atoms with Crippen LogP contribution >= 0.6 is 0 Å². The maximum Gasteiger partial charge on any atom is 0.306 e. The minimum Gasteiger partial charge on any atom is -0.462 e. The van der Waals surface area contributed by atoms with Gasteiger partial charge in [0.15, 0.2) is 6.10 Å². The molecule has 1 atom stereocenters. The van der Waals surface area contributed by atoms with Crippen LogP contribution in [0, 0.1) is 0 Å². The van der Waals surface area contributed by atoms with E-state index < -0.39 is 6.10 Å². The molecule has 0 heterocycles. The van der Waals surface area contributed by atoms with Crippen LogP contribution in [0.4, 0.5) is 0 Å². The van der Waals surface area contributed by atoms with Gasteiger partial charge in [0, 0.05) is 19.3 Å². The molecule has 0 rings (SSSR count). The number of unbranched alkanes of at least 4 members (excludes halogenated alkanes) is 37. The highest BCUT2D eigenvalue weighted by atomic mass is 16.6. The summed E-state index contributed by atoms with van der Waals surface area (Å²) in [6, 6.07) is 0. The molecule has 0 radical (unpaired) electrons. The molecule has 70 heavy (non-hydrogen) atoms. The highest BCUT2D eigenvalue weighted by Crippen LogP contribution is 2.16.